The SMILES string of the molecule is CC[C@@H]1C[C@@H]1C(=O)NS(=O)(=O)OC1(C(F)(F)F)CCC1. The van der Waals surface area contributed by atoms with E-state index < -0.39 is 46.7 Å². The Bertz CT molecular complexity index is 498. The van der Waals surface area contributed by atoms with Crippen LogP contribution < -0.4 is 4.72 Å². The van der Waals surface area contributed by atoms with Gasteiger partial charge in [0.15, 0.2) is 5.60 Å². The van der Waals surface area contributed by atoms with Crippen molar-refractivity contribution >= 4 is 16.2 Å². The lowest BCUT2D eigenvalue weighted by atomic mass is 9.80. The van der Waals surface area contributed by atoms with Gasteiger partial charge >= 0.3 is 16.5 Å². The van der Waals surface area contributed by atoms with Crippen molar-refractivity contribution in [1.29, 1.82) is 0 Å². The molecule has 0 aromatic rings. The fourth-order valence-electron chi connectivity index (χ4n) is 2.36. The molecular weight excluding hydrogens is 299 g/mol. The number of rotatable bonds is 5. The Morgan fingerprint density at radius 1 is 1.40 bits per heavy atom. The Kier molecular flexibility index (Phi) is 3.79. The largest absolute Gasteiger partial charge is 0.418 e. The predicted octanol–water partition coefficient (Wildman–Crippen LogP) is 1.90. The van der Waals surface area contributed by atoms with E-state index in [1.807, 2.05) is 6.92 Å². The van der Waals surface area contributed by atoms with Crippen molar-refractivity contribution in [3.8, 4) is 0 Å². The molecule has 0 bridgehead atoms. The molecule has 0 aliphatic heterocycles. The van der Waals surface area contributed by atoms with Crippen LogP contribution in [-0.4, -0.2) is 26.1 Å². The number of hydrogen-bond donors (Lipinski definition) is 1. The minimum Gasteiger partial charge on any atom is -0.274 e. The van der Waals surface area contributed by atoms with E-state index in [0.29, 0.717) is 6.42 Å². The molecule has 2 atom stereocenters. The summed E-state index contributed by atoms with van der Waals surface area (Å²) in [6.07, 6.45) is -4.06. The van der Waals surface area contributed by atoms with Crippen molar-refractivity contribution in [2.75, 3.05) is 0 Å². The standard InChI is InChI=1S/C11H16F3NO4S/c1-2-7-6-8(7)9(16)15-20(17,18)19-10(4-3-5-10)11(12,13)14/h7-8H,2-6H2,1H3,(H,15,16)/t7-,8+/m1/s1. The minimum absolute atomic E-state index is 0.102. The van der Waals surface area contributed by atoms with Gasteiger partial charge in [-0.2, -0.15) is 21.6 Å². The highest BCUT2D eigenvalue weighted by Crippen LogP contribution is 2.49. The summed E-state index contributed by atoms with van der Waals surface area (Å²) in [7, 11) is -4.74. The van der Waals surface area contributed by atoms with Gasteiger partial charge in [-0.15, -0.1) is 0 Å². The fourth-order valence-corrected chi connectivity index (χ4v) is 3.48. The van der Waals surface area contributed by atoms with E-state index in [1.165, 1.54) is 0 Å². The second-order valence-electron chi connectivity index (χ2n) is 5.36. The van der Waals surface area contributed by atoms with Crippen LogP contribution in [0.4, 0.5) is 13.2 Å². The molecule has 2 aliphatic rings. The normalized spacial score (nSPS) is 28.6. The second kappa shape index (κ2) is 4.87. The molecule has 0 radical (unpaired) electrons. The Labute approximate surface area is 115 Å². The lowest BCUT2D eigenvalue weighted by Gasteiger charge is -2.41. The number of hydrogen-bond acceptors (Lipinski definition) is 4. The van der Waals surface area contributed by atoms with Gasteiger partial charge in [0.1, 0.15) is 0 Å². The fraction of sp³-hybridized carbons (Fsp3) is 0.909. The van der Waals surface area contributed by atoms with Crippen LogP contribution >= 0.6 is 0 Å². The number of carbonyl (C=O) groups excluding carboxylic acids is 1. The zero-order valence-electron chi connectivity index (χ0n) is 10.9. The quantitative estimate of drug-likeness (QED) is 0.841. The molecule has 0 unspecified atom stereocenters. The topological polar surface area (TPSA) is 72.5 Å². The second-order valence-corrected chi connectivity index (χ2v) is 6.64. The van der Waals surface area contributed by atoms with Crippen molar-refractivity contribution in [2.45, 2.75) is 50.8 Å². The van der Waals surface area contributed by atoms with Crippen LogP contribution in [0.3, 0.4) is 0 Å². The first-order valence-electron chi connectivity index (χ1n) is 6.44. The molecule has 0 spiro atoms. The van der Waals surface area contributed by atoms with E-state index in [1.54, 1.807) is 4.72 Å². The van der Waals surface area contributed by atoms with Gasteiger partial charge in [0.2, 0.25) is 5.91 Å². The molecular formula is C11H16F3NO4S. The Morgan fingerprint density at radius 3 is 2.35 bits per heavy atom. The predicted molar refractivity (Wildman–Crippen MR) is 62.7 cm³/mol. The first kappa shape index (κ1) is 15.6. The number of amides is 1. The molecule has 0 aromatic carbocycles. The third-order valence-corrected chi connectivity index (χ3v) is 4.95. The average Bonchev–Trinajstić information content (AvgIpc) is 3.00. The molecule has 116 valence electrons. The van der Waals surface area contributed by atoms with Crippen molar-refractivity contribution in [3.05, 3.63) is 0 Å². The Morgan fingerprint density at radius 2 is 2.00 bits per heavy atom. The van der Waals surface area contributed by atoms with E-state index in [-0.39, 0.29) is 12.3 Å². The van der Waals surface area contributed by atoms with Gasteiger partial charge in [0.05, 0.1) is 0 Å². The van der Waals surface area contributed by atoms with E-state index in [2.05, 4.69) is 4.18 Å². The minimum atomic E-state index is -4.77. The van der Waals surface area contributed by atoms with Crippen LogP contribution in [0.2, 0.25) is 0 Å². The highest BCUT2D eigenvalue weighted by atomic mass is 32.2. The first-order chi connectivity index (χ1) is 9.10. The molecule has 2 rings (SSSR count). The molecule has 1 amide bonds. The summed E-state index contributed by atoms with van der Waals surface area (Å²) in [5.41, 5.74) is -2.67. The van der Waals surface area contributed by atoms with Gasteiger partial charge in [0, 0.05) is 5.92 Å². The molecule has 1 N–H and O–H groups in total. The molecule has 2 aliphatic carbocycles. The van der Waals surface area contributed by atoms with Gasteiger partial charge in [-0.3, -0.25) is 4.79 Å². The zero-order valence-corrected chi connectivity index (χ0v) is 11.7. The van der Waals surface area contributed by atoms with Crippen molar-refractivity contribution in [1.82, 2.24) is 4.72 Å². The summed E-state index contributed by atoms with van der Waals surface area (Å²) >= 11 is 0. The lowest BCUT2D eigenvalue weighted by Crippen LogP contribution is -2.56. The van der Waals surface area contributed by atoms with Gasteiger partial charge < -0.3 is 0 Å². The number of alkyl halides is 3. The number of carbonyl (C=O) groups is 1. The van der Waals surface area contributed by atoms with Crippen molar-refractivity contribution in [3.63, 3.8) is 0 Å². The maximum atomic E-state index is 12.8. The van der Waals surface area contributed by atoms with Crippen LogP contribution in [0, 0.1) is 11.8 Å². The molecule has 20 heavy (non-hydrogen) atoms. The maximum Gasteiger partial charge on any atom is 0.418 e. The van der Waals surface area contributed by atoms with Crippen molar-refractivity contribution < 1.29 is 30.6 Å². The lowest BCUT2D eigenvalue weighted by molar-refractivity contribution is -0.273. The van der Waals surface area contributed by atoms with E-state index in [4.69, 9.17) is 0 Å². The highest BCUT2D eigenvalue weighted by Gasteiger charge is 2.62. The number of nitrogens with one attached hydrogen (secondary N) is 1. The molecule has 0 saturated heterocycles. The number of halogens is 3. The van der Waals surface area contributed by atoms with Crippen LogP contribution in [0.15, 0.2) is 0 Å². The first-order valence-corrected chi connectivity index (χ1v) is 7.85. The van der Waals surface area contributed by atoms with E-state index in [9.17, 15) is 26.4 Å². The van der Waals surface area contributed by atoms with Crippen LogP contribution in [0.1, 0.15) is 39.0 Å². The highest BCUT2D eigenvalue weighted by molar-refractivity contribution is 7.85. The molecule has 2 saturated carbocycles. The van der Waals surface area contributed by atoms with Crippen LogP contribution in [-0.2, 0) is 19.3 Å². The molecule has 2 fully saturated rings. The van der Waals surface area contributed by atoms with Crippen LogP contribution in [0.25, 0.3) is 0 Å². The Balaban J connectivity index is 1.99. The molecule has 0 aromatic heterocycles. The summed E-state index contributed by atoms with van der Waals surface area (Å²) in [6.45, 7) is 1.86. The van der Waals surface area contributed by atoms with Gasteiger partial charge in [-0.1, -0.05) is 13.3 Å². The van der Waals surface area contributed by atoms with Gasteiger partial charge in [-0.25, -0.2) is 8.91 Å². The summed E-state index contributed by atoms with van der Waals surface area (Å²) in [6, 6.07) is 0. The molecule has 5 nitrogen and oxygen atoms in total. The Hall–Kier alpha value is -0.830. The van der Waals surface area contributed by atoms with E-state index in [0.717, 1.165) is 6.42 Å². The monoisotopic (exact) mass is 315 g/mol. The third kappa shape index (κ3) is 2.93. The van der Waals surface area contributed by atoms with Gasteiger partial charge in [-0.05, 0) is 31.6 Å². The van der Waals surface area contributed by atoms with Gasteiger partial charge in [0.25, 0.3) is 0 Å². The molecule has 0 heterocycles. The molecule has 9 heteroatoms. The average molecular weight is 315 g/mol. The van der Waals surface area contributed by atoms with E-state index >= 15 is 0 Å². The smallest absolute Gasteiger partial charge is 0.274 e. The third-order valence-electron chi connectivity index (χ3n) is 3.96. The summed E-state index contributed by atoms with van der Waals surface area (Å²) < 4.78 is 67.4. The zero-order chi connectivity index (χ0) is 15.2. The maximum absolute atomic E-state index is 12.8. The van der Waals surface area contributed by atoms with Crippen molar-refractivity contribution in [2.24, 2.45) is 11.8 Å². The summed E-state index contributed by atoms with van der Waals surface area (Å²) in [5.74, 6) is -1.12. The summed E-state index contributed by atoms with van der Waals surface area (Å²) in [5, 5.41) is 0. The van der Waals surface area contributed by atoms with Crippen LogP contribution in [0.5, 0.6) is 0 Å². The summed E-state index contributed by atoms with van der Waals surface area (Å²) in [4.78, 5) is 11.6.